The Kier molecular flexibility index (Phi) is 7.92. The summed E-state index contributed by atoms with van der Waals surface area (Å²) >= 11 is 0. The summed E-state index contributed by atoms with van der Waals surface area (Å²) in [6.45, 7) is 3.16. The molecule has 1 aromatic heterocycles. The molecule has 10 heteroatoms. The van der Waals surface area contributed by atoms with Crippen LogP contribution in [0, 0.1) is 17.6 Å². The number of rotatable bonds is 6. The molecule has 2 aromatic rings. The van der Waals surface area contributed by atoms with E-state index in [2.05, 4.69) is 10.6 Å². The zero-order valence-corrected chi connectivity index (χ0v) is 21.2. The summed E-state index contributed by atoms with van der Waals surface area (Å²) in [5.74, 6) is -2.35. The maximum Gasteiger partial charge on any atom is 0.270 e. The van der Waals surface area contributed by atoms with Crippen LogP contribution >= 0.6 is 0 Å². The smallest absolute Gasteiger partial charge is 0.270 e. The molecule has 1 aliphatic heterocycles. The van der Waals surface area contributed by atoms with Crippen LogP contribution in [0.15, 0.2) is 18.2 Å². The number of nitrogens with zero attached hydrogens (tertiary/aromatic N) is 3. The van der Waals surface area contributed by atoms with Crippen LogP contribution in [-0.4, -0.2) is 77.4 Å². The highest BCUT2D eigenvalue weighted by Crippen LogP contribution is 2.28. The fourth-order valence-electron chi connectivity index (χ4n) is 5.28. The molecule has 1 aliphatic carbocycles. The van der Waals surface area contributed by atoms with Crippen molar-refractivity contribution in [1.82, 2.24) is 25.0 Å². The molecule has 0 spiro atoms. The first-order valence-corrected chi connectivity index (χ1v) is 12.7. The van der Waals surface area contributed by atoms with Crippen molar-refractivity contribution in [2.45, 2.75) is 51.1 Å². The third-order valence-electron chi connectivity index (χ3n) is 7.69. The molecule has 4 rings (SSSR count). The Morgan fingerprint density at radius 1 is 0.944 bits per heavy atom. The van der Waals surface area contributed by atoms with E-state index in [1.807, 2.05) is 0 Å². The third-order valence-corrected chi connectivity index (χ3v) is 7.69. The van der Waals surface area contributed by atoms with Gasteiger partial charge in [0.15, 0.2) is 11.6 Å². The van der Waals surface area contributed by atoms with Crippen LogP contribution in [0.1, 0.15) is 49.5 Å². The second-order valence-electron chi connectivity index (χ2n) is 9.93. The zero-order chi connectivity index (χ0) is 26.0. The van der Waals surface area contributed by atoms with Crippen LogP contribution < -0.4 is 10.6 Å². The van der Waals surface area contributed by atoms with Gasteiger partial charge in [-0.25, -0.2) is 8.78 Å². The predicted molar refractivity (Wildman–Crippen MR) is 132 cm³/mol. The highest BCUT2D eigenvalue weighted by atomic mass is 19.2. The van der Waals surface area contributed by atoms with Gasteiger partial charge in [0.1, 0.15) is 11.7 Å². The summed E-state index contributed by atoms with van der Waals surface area (Å²) in [5, 5.41) is 6.36. The van der Waals surface area contributed by atoms with E-state index in [0.29, 0.717) is 42.8 Å². The molecular weight excluding hydrogens is 468 g/mol. The molecule has 2 aliphatic rings. The molecular formula is C26H35F2N5O3. The Morgan fingerprint density at radius 3 is 2.19 bits per heavy atom. The average molecular weight is 504 g/mol. The first kappa shape index (κ1) is 26.1. The lowest BCUT2D eigenvalue weighted by Crippen LogP contribution is -2.59. The summed E-state index contributed by atoms with van der Waals surface area (Å²) in [7, 11) is 3.36. The second kappa shape index (κ2) is 10.9. The number of amides is 3. The molecule has 2 N–H and O–H groups in total. The van der Waals surface area contributed by atoms with E-state index in [1.54, 1.807) is 41.5 Å². The lowest BCUT2D eigenvalue weighted by atomic mass is 9.83. The number of fused-ring (bicyclic) bond motifs is 1. The van der Waals surface area contributed by atoms with Crippen molar-refractivity contribution >= 4 is 28.6 Å². The Hall–Kier alpha value is -3.01. The van der Waals surface area contributed by atoms with E-state index in [1.165, 1.54) is 0 Å². The molecule has 0 radical (unpaired) electrons. The van der Waals surface area contributed by atoms with Gasteiger partial charge in [0.2, 0.25) is 11.8 Å². The van der Waals surface area contributed by atoms with Crippen LogP contribution in [0.25, 0.3) is 10.9 Å². The summed E-state index contributed by atoms with van der Waals surface area (Å²) < 4.78 is 28.9. The molecule has 1 saturated carbocycles. The molecule has 36 heavy (non-hydrogen) atoms. The van der Waals surface area contributed by atoms with Crippen LogP contribution in [-0.2, 0) is 16.6 Å². The number of halogens is 2. The third kappa shape index (κ3) is 5.23. The van der Waals surface area contributed by atoms with Crippen LogP contribution in [0.3, 0.4) is 0 Å². The number of carbonyl (C=O) groups is 3. The van der Waals surface area contributed by atoms with E-state index < -0.39 is 23.7 Å². The standard InChI is InChI=1S/C26H35F2N5O3/c1-16(29-2)24(34)30-23(17-7-5-4-6-8-17)26(36)33-11-9-32(10-12-33)25(35)22-14-18-13-19(27)20(28)15-21(18)31(22)3/h13-17,23,29H,4-12H2,1-3H3,(H,30,34)/t16-,23?/m0/s1. The van der Waals surface area contributed by atoms with Gasteiger partial charge in [-0.2, -0.15) is 0 Å². The van der Waals surface area contributed by atoms with Gasteiger partial charge in [0.05, 0.1) is 11.6 Å². The highest BCUT2D eigenvalue weighted by molar-refractivity contribution is 5.99. The number of piperazine rings is 1. The Labute approximate surface area is 210 Å². The molecule has 0 bridgehead atoms. The van der Waals surface area contributed by atoms with Crippen molar-refractivity contribution in [2.75, 3.05) is 33.2 Å². The van der Waals surface area contributed by atoms with Crippen molar-refractivity contribution in [3.8, 4) is 0 Å². The maximum atomic E-state index is 13.7. The number of hydrogen-bond acceptors (Lipinski definition) is 4. The minimum absolute atomic E-state index is 0.0961. The molecule has 2 fully saturated rings. The fourth-order valence-corrected chi connectivity index (χ4v) is 5.28. The fraction of sp³-hybridized carbons (Fsp3) is 0.577. The van der Waals surface area contributed by atoms with Crippen molar-refractivity contribution in [1.29, 1.82) is 0 Å². The summed E-state index contributed by atoms with van der Waals surface area (Å²) in [6, 6.07) is 2.77. The lowest BCUT2D eigenvalue weighted by molar-refractivity contribution is -0.140. The quantitative estimate of drug-likeness (QED) is 0.634. The second-order valence-corrected chi connectivity index (χ2v) is 9.93. The number of carbonyl (C=O) groups excluding carboxylic acids is 3. The Bertz CT molecular complexity index is 1140. The Balaban J connectivity index is 1.44. The highest BCUT2D eigenvalue weighted by Gasteiger charge is 2.36. The first-order valence-electron chi connectivity index (χ1n) is 12.7. The molecule has 2 atom stereocenters. The number of hydrogen-bond donors (Lipinski definition) is 2. The maximum absolute atomic E-state index is 13.7. The van der Waals surface area contributed by atoms with E-state index in [-0.39, 0.29) is 23.6 Å². The summed E-state index contributed by atoms with van der Waals surface area (Å²) in [5.41, 5.74) is 0.774. The minimum atomic E-state index is -0.960. The zero-order valence-electron chi connectivity index (χ0n) is 21.2. The van der Waals surface area contributed by atoms with Gasteiger partial charge >= 0.3 is 0 Å². The van der Waals surface area contributed by atoms with Crippen LogP contribution in [0.5, 0.6) is 0 Å². The van der Waals surface area contributed by atoms with Gasteiger partial charge in [0.25, 0.3) is 5.91 Å². The number of likely N-dealkylation sites (N-methyl/N-ethyl adjacent to an activating group) is 1. The van der Waals surface area contributed by atoms with Gasteiger partial charge in [0, 0.05) is 44.7 Å². The van der Waals surface area contributed by atoms with Gasteiger partial charge in [-0.05, 0) is 44.9 Å². The lowest BCUT2D eigenvalue weighted by Gasteiger charge is -2.39. The number of nitrogens with one attached hydrogen (secondary N) is 2. The Morgan fingerprint density at radius 2 is 1.56 bits per heavy atom. The van der Waals surface area contributed by atoms with Crippen molar-refractivity contribution in [3.63, 3.8) is 0 Å². The average Bonchev–Trinajstić information content (AvgIpc) is 3.21. The van der Waals surface area contributed by atoms with E-state index in [0.717, 1.165) is 44.2 Å². The number of benzene rings is 1. The molecule has 2 heterocycles. The van der Waals surface area contributed by atoms with Crippen LogP contribution in [0.4, 0.5) is 8.78 Å². The van der Waals surface area contributed by atoms with Gasteiger partial charge < -0.3 is 25.0 Å². The SMILES string of the molecule is CN[C@@H](C)C(=O)NC(C(=O)N1CCN(C(=O)c2cc3cc(F)c(F)cc3n2C)CC1)C1CCCCC1. The topological polar surface area (TPSA) is 86.7 Å². The number of aryl methyl sites for hydroxylation is 1. The van der Waals surface area contributed by atoms with Gasteiger partial charge in [-0.1, -0.05) is 19.3 Å². The summed E-state index contributed by atoms with van der Waals surface area (Å²) in [6.07, 6.45) is 5.06. The monoisotopic (exact) mass is 503 g/mol. The largest absolute Gasteiger partial charge is 0.343 e. The molecule has 1 unspecified atom stereocenters. The van der Waals surface area contributed by atoms with Crippen molar-refractivity contribution < 1.29 is 23.2 Å². The molecule has 196 valence electrons. The van der Waals surface area contributed by atoms with E-state index in [9.17, 15) is 23.2 Å². The molecule has 1 saturated heterocycles. The van der Waals surface area contributed by atoms with E-state index >= 15 is 0 Å². The summed E-state index contributed by atoms with van der Waals surface area (Å²) in [4.78, 5) is 42.8. The molecule has 8 nitrogen and oxygen atoms in total. The molecule has 1 aromatic carbocycles. The van der Waals surface area contributed by atoms with E-state index in [4.69, 9.17) is 0 Å². The molecule has 3 amide bonds. The predicted octanol–water partition coefficient (Wildman–Crippen LogP) is 2.41. The van der Waals surface area contributed by atoms with Crippen molar-refractivity contribution in [3.05, 3.63) is 35.5 Å². The van der Waals surface area contributed by atoms with Crippen molar-refractivity contribution in [2.24, 2.45) is 13.0 Å². The minimum Gasteiger partial charge on any atom is -0.343 e. The first-order chi connectivity index (χ1) is 17.2. The van der Waals surface area contributed by atoms with Gasteiger partial charge in [-0.3, -0.25) is 14.4 Å². The normalized spacial score (nSPS) is 18.8. The number of aromatic nitrogens is 1. The van der Waals surface area contributed by atoms with Crippen LogP contribution in [0.2, 0.25) is 0 Å². The van der Waals surface area contributed by atoms with Gasteiger partial charge in [-0.15, -0.1) is 0 Å².